The number of rotatable bonds is 3. The number of halogens is 4. The maximum absolute atomic E-state index is 13.4. The molecule has 0 spiro atoms. The van der Waals surface area contributed by atoms with Crippen LogP contribution >= 0.6 is 11.6 Å². The fraction of sp³-hybridized carbons (Fsp3) is 0.235. The van der Waals surface area contributed by atoms with E-state index in [1.54, 1.807) is 35.4 Å². The third-order valence-electron chi connectivity index (χ3n) is 7.79. The van der Waals surface area contributed by atoms with Crippen molar-refractivity contribution in [3.8, 4) is 6.07 Å². The number of alkyl halides is 3. The Morgan fingerprint density at radius 1 is 0.980 bits per heavy atom. The summed E-state index contributed by atoms with van der Waals surface area (Å²) in [6.07, 6.45) is -1.54. The standard InChI is InChI=1S/C32H29ClN8O2.C2HF3O/c33-27-19-35-31-37-25-3-1-2-20(16-25)4-7-23-17-26(36-29(27)40-31)10-11-28(23)39-30(42)22-12-14-41(15-13-22)32(43)38-24-8-5-21(18-34)6-9-24;3-2(4,5)1-6/h1-3,5-6,8-11,16-17,19,22H,4,7,12-15H2,(H,38,43)(H,39,42)(H2,35,36,37,40);1H. The molecular weight excluding hydrogens is 661 g/mol. The van der Waals surface area contributed by atoms with Crippen molar-refractivity contribution in [1.82, 2.24) is 14.9 Å². The van der Waals surface area contributed by atoms with Crippen molar-refractivity contribution in [2.24, 2.45) is 5.92 Å². The number of benzene rings is 3. The predicted octanol–water partition coefficient (Wildman–Crippen LogP) is 7.22. The Morgan fingerprint density at radius 2 is 1.69 bits per heavy atom. The highest BCUT2D eigenvalue weighted by Gasteiger charge is 2.28. The molecule has 2 aliphatic heterocycles. The minimum absolute atomic E-state index is 0.0540. The van der Waals surface area contributed by atoms with E-state index in [0.29, 0.717) is 60.4 Å². The van der Waals surface area contributed by atoms with Crippen molar-refractivity contribution in [2.75, 3.05) is 34.4 Å². The molecule has 1 saturated heterocycles. The van der Waals surface area contributed by atoms with E-state index < -0.39 is 12.5 Å². The zero-order chi connectivity index (χ0) is 35.0. The third-order valence-corrected chi connectivity index (χ3v) is 8.06. The van der Waals surface area contributed by atoms with E-state index in [1.165, 1.54) is 0 Å². The molecule has 0 radical (unpaired) electrons. The molecule has 3 amide bonds. The van der Waals surface area contributed by atoms with Crippen LogP contribution in [0.1, 0.15) is 29.5 Å². The van der Waals surface area contributed by atoms with Crippen molar-refractivity contribution in [3.63, 3.8) is 0 Å². The highest BCUT2D eigenvalue weighted by molar-refractivity contribution is 6.32. The molecule has 0 aliphatic carbocycles. The van der Waals surface area contributed by atoms with Gasteiger partial charge in [0.25, 0.3) is 0 Å². The summed E-state index contributed by atoms with van der Waals surface area (Å²) in [5.41, 5.74) is 5.72. The molecule has 0 saturated carbocycles. The van der Waals surface area contributed by atoms with E-state index in [9.17, 15) is 22.8 Å². The number of urea groups is 1. The monoisotopic (exact) mass is 690 g/mol. The van der Waals surface area contributed by atoms with Crippen LogP contribution < -0.4 is 21.3 Å². The minimum atomic E-state index is -4.64. The lowest BCUT2D eigenvalue weighted by atomic mass is 9.95. The van der Waals surface area contributed by atoms with E-state index >= 15 is 0 Å². The van der Waals surface area contributed by atoms with Crippen molar-refractivity contribution in [3.05, 3.63) is 94.6 Å². The number of aryl methyl sites for hydroxylation is 2. The second kappa shape index (κ2) is 15.5. The lowest BCUT2D eigenvalue weighted by Gasteiger charge is -2.31. The Labute approximate surface area is 284 Å². The number of nitrogens with zero attached hydrogens (tertiary/aromatic N) is 4. The topological polar surface area (TPSA) is 152 Å². The van der Waals surface area contributed by atoms with Gasteiger partial charge in [-0.1, -0.05) is 23.7 Å². The molecule has 4 aromatic rings. The van der Waals surface area contributed by atoms with Crippen LogP contribution in [0.3, 0.4) is 0 Å². The van der Waals surface area contributed by atoms with Gasteiger partial charge in [0.2, 0.25) is 18.1 Å². The van der Waals surface area contributed by atoms with E-state index in [0.717, 1.165) is 34.6 Å². The van der Waals surface area contributed by atoms with Gasteiger partial charge in [0, 0.05) is 41.8 Å². The highest BCUT2D eigenvalue weighted by Crippen LogP contribution is 2.30. The molecule has 0 unspecified atom stereocenters. The van der Waals surface area contributed by atoms with Crippen molar-refractivity contribution in [1.29, 1.82) is 5.26 Å². The summed E-state index contributed by atoms with van der Waals surface area (Å²) >= 11 is 6.39. The van der Waals surface area contributed by atoms with E-state index in [-0.39, 0.29) is 17.9 Å². The van der Waals surface area contributed by atoms with Gasteiger partial charge in [0.05, 0.1) is 17.8 Å². The van der Waals surface area contributed by atoms with Crippen LogP contribution in [-0.4, -0.2) is 52.4 Å². The molecule has 1 aromatic heterocycles. The van der Waals surface area contributed by atoms with Crippen molar-refractivity contribution >= 4 is 64.3 Å². The number of fused-ring (bicyclic) bond motifs is 6. The summed E-state index contributed by atoms with van der Waals surface area (Å²) in [5, 5.41) is 21.9. The fourth-order valence-electron chi connectivity index (χ4n) is 5.27. The molecule has 6 rings (SSSR count). The van der Waals surface area contributed by atoms with Crippen LogP contribution in [0, 0.1) is 17.2 Å². The van der Waals surface area contributed by atoms with Crippen LogP contribution in [0.15, 0.2) is 72.9 Å². The van der Waals surface area contributed by atoms with Gasteiger partial charge in [-0.2, -0.15) is 23.4 Å². The minimum Gasteiger partial charge on any atom is -0.339 e. The average molecular weight is 691 g/mol. The van der Waals surface area contributed by atoms with Gasteiger partial charge in [0.15, 0.2) is 5.82 Å². The number of aromatic nitrogens is 2. The number of anilines is 6. The quantitative estimate of drug-likeness (QED) is 0.165. The molecule has 3 heterocycles. The molecule has 0 atom stereocenters. The van der Waals surface area contributed by atoms with Crippen LogP contribution in [0.5, 0.6) is 0 Å². The second-order valence-corrected chi connectivity index (χ2v) is 11.6. The zero-order valence-corrected chi connectivity index (χ0v) is 26.6. The molecule has 6 bridgehead atoms. The normalized spacial score (nSPS) is 14.1. The van der Waals surface area contributed by atoms with Crippen LogP contribution in [0.2, 0.25) is 5.02 Å². The average Bonchev–Trinajstić information content (AvgIpc) is 3.10. The smallest absolute Gasteiger partial charge is 0.339 e. The zero-order valence-electron chi connectivity index (χ0n) is 25.9. The van der Waals surface area contributed by atoms with Gasteiger partial charge in [-0.25, -0.2) is 9.78 Å². The van der Waals surface area contributed by atoms with Crippen LogP contribution in [0.4, 0.5) is 52.5 Å². The Morgan fingerprint density at radius 3 is 2.39 bits per heavy atom. The van der Waals surface area contributed by atoms with Crippen LogP contribution in [-0.2, 0) is 22.4 Å². The summed E-state index contributed by atoms with van der Waals surface area (Å²) in [5.74, 6) is 0.652. The largest absolute Gasteiger partial charge is 0.446 e. The summed E-state index contributed by atoms with van der Waals surface area (Å²) < 4.78 is 31.2. The first kappa shape index (κ1) is 34.6. The Hall–Kier alpha value is -5.68. The molecule has 11 nitrogen and oxygen atoms in total. The Balaban J connectivity index is 0.000000717. The fourth-order valence-corrected chi connectivity index (χ4v) is 5.41. The SMILES string of the molecule is N#Cc1ccc(NC(=O)N2CCC(C(=O)Nc3ccc4cc3CCc3cccc(c3)Nc3ncc(Cl)c(n3)N4)CC2)cc1.O=CC(F)(F)F. The number of amides is 3. The number of carbonyl (C=O) groups excluding carboxylic acids is 3. The molecule has 3 aromatic carbocycles. The first-order chi connectivity index (χ1) is 23.5. The number of piperidine rings is 1. The summed E-state index contributed by atoms with van der Waals surface area (Å²) in [6.45, 7) is 0.948. The summed E-state index contributed by atoms with van der Waals surface area (Å²) in [6, 6.07) is 22.5. The van der Waals surface area contributed by atoms with Gasteiger partial charge < -0.3 is 26.2 Å². The van der Waals surface area contributed by atoms with Crippen molar-refractivity contribution in [2.45, 2.75) is 31.9 Å². The number of nitriles is 1. The lowest BCUT2D eigenvalue weighted by molar-refractivity contribution is -0.156. The number of aldehydes is 1. The van der Waals surface area contributed by atoms with Gasteiger partial charge in [-0.3, -0.25) is 9.59 Å². The van der Waals surface area contributed by atoms with Gasteiger partial charge in [-0.15, -0.1) is 0 Å². The molecular formula is C34H30ClF3N8O3. The number of hydrogen-bond acceptors (Lipinski definition) is 8. The number of carbonyl (C=O) groups is 3. The van der Waals surface area contributed by atoms with E-state index in [1.807, 2.05) is 30.3 Å². The summed E-state index contributed by atoms with van der Waals surface area (Å²) in [7, 11) is 0. The number of likely N-dealkylation sites (tertiary alicyclic amines) is 1. The number of hydrogen-bond donors (Lipinski definition) is 4. The molecule has 252 valence electrons. The second-order valence-electron chi connectivity index (χ2n) is 11.2. The lowest BCUT2D eigenvalue weighted by Crippen LogP contribution is -2.43. The summed E-state index contributed by atoms with van der Waals surface area (Å²) in [4.78, 5) is 45.4. The third kappa shape index (κ3) is 9.68. The van der Waals surface area contributed by atoms with Crippen molar-refractivity contribution < 1.29 is 27.6 Å². The van der Waals surface area contributed by atoms with Gasteiger partial charge >= 0.3 is 12.2 Å². The Bertz CT molecular complexity index is 1870. The van der Waals surface area contributed by atoms with Gasteiger partial charge in [-0.05, 0) is 91.4 Å². The molecule has 2 aliphatic rings. The molecule has 49 heavy (non-hydrogen) atoms. The maximum atomic E-state index is 13.4. The predicted molar refractivity (Wildman–Crippen MR) is 179 cm³/mol. The molecule has 4 N–H and O–H groups in total. The first-order valence-corrected chi connectivity index (χ1v) is 15.6. The maximum Gasteiger partial charge on any atom is 0.446 e. The van der Waals surface area contributed by atoms with E-state index in [2.05, 4.69) is 49.4 Å². The van der Waals surface area contributed by atoms with E-state index in [4.69, 9.17) is 21.7 Å². The molecule has 15 heteroatoms. The Kier molecular flexibility index (Phi) is 10.9. The highest BCUT2D eigenvalue weighted by atomic mass is 35.5. The first-order valence-electron chi connectivity index (χ1n) is 15.2. The molecule has 1 fully saturated rings. The van der Waals surface area contributed by atoms with Gasteiger partial charge in [0.1, 0.15) is 5.02 Å². The number of nitrogens with one attached hydrogen (secondary N) is 4. The van der Waals surface area contributed by atoms with Crippen LogP contribution in [0.25, 0.3) is 0 Å².